The number of benzene rings is 2. The monoisotopic (exact) mass is 386 g/mol. The first-order chi connectivity index (χ1) is 13.4. The predicted molar refractivity (Wildman–Crippen MR) is 96.3 cm³/mol. The number of carbonyl (C=O) groups excluding carboxylic acids is 2. The Bertz CT molecular complexity index is 1060. The first kappa shape index (κ1) is 19.2. The second kappa shape index (κ2) is 7.59. The normalized spacial score (nSPS) is 10.6. The van der Waals surface area contributed by atoms with E-state index in [0.717, 1.165) is 26.4 Å². The van der Waals surface area contributed by atoms with Crippen molar-refractivity contribution >= 4 is 11.9 Å². The first-order valence-corrected chi connectivity index (χ1v) is 8.20. The minimum Gasteiger partial charge on any atom is -0.465 e. The third-order valence-electron chi connectivity index (χ3n) is 4.23. The van der Waals surface area contributed by atoms with Crippen LogP contribution in [-0.4, -0.2) is 35.9 Å². The smallest absolute Gasteiger partial charge is 0.357 e. The van der Waals surface area contributed by atoms with Crippen LogP contribution in [0.15, 0.2) is 42.5 Å². The van der Waals surface area contributed by atoms with Crippen LogP contribution >= 0.6 is 0 Å². The van der Waals surface area contributed by atoms with Crippen molar-refractivity contribution in [3.8, 4) is 16.9 Å². The van der Waals surface area contributed by atoms with Gasteiger partial charge >= 0.3 is 11.9 Å². The summed E-state index contributed by atoms with van der Waals surface area (Å²) in [6, 6.07) is 10.7. The van der Waals surface area contributed by atoms with Crippen LogP contribution in [0.1, 0.15) is 26.4 Å². The molecule has 0 aliphatic heterocycles. The third-order valence-corrected chi connectivity index (χ3v) is 4.23. The van der Waals surface area contributed by atoms with Gasteiger partial charge in [0.1, 0.15) is 22.9 Å². The Morgan fingerprint density at radius 2 is 1.61 bits per heavy atom. The highest BCUT2D eigenvalue weighted by Gasteiger charge is 2.32. The molecule has 6 nitrogen and oxygen atoms in total. The van der Waals surface area contributed by atoms with E-state index < -0.39 is 23.6 Å². The number of hydrogen-bond donors (Lipinski definition) is 0. The number of rotatable bonds is 4. The van der Waals surface area contributed by atoms with Gasteiger partial charge < -0.3 is 9.47 Å². The van der Waals surface area contributed by atoms with Gasteiger partial charge in [0.05, 0.1) is 19.9 Å². The minimum absolute atomic E-state index is 0.140. The highest BCUT2D eigenvalue weighted by molar-refractivity contribution is 6.06. The molecule has 0 radical (unpaired) electrons. The molecule has 0 aliphatic carbocycles. The molecule has 3 aromatic rings. The van der Waals surface area contributed by atoms with Crippen molar-refractivity contribution in [3.05, 3.63) is 70.9 Å². The molecule has 0 aliphatic rings. The average molecular weight is 386 g/mol. The number of hydrogen-bond acceptors (Lipinski definition) is 5. The van der Waals surface area contributed by atoms with Crippen LogP contribution in [0.3, 0.4) is 0 Å². The predicted octanol–water partition coefficient (Wildman–Crippen LogP) is 3.70. The molecule has 0 unspecified atom stereocenters. The number of esters is 2. The molecular formula is C20H16F2N2O4. The van der Waals surface area contributed by atoms with E-state index >= 15 is 0 Å². The van der Waals surface area contributed by atoms with Crippen molar-refractivity contribution < 1.29 is 27.8 Å². The highest BCUT2D eigenvalue weighted by Crippen LogP contribution is 2.32. The van der Waals surface area contributed by atoms with Crippen molar-refractivity contribution in [1.82, 2.24) is 9.78 Å². The Labute approximate surface area is 159 Å². The molecular weight excluding hydrogens is 370 g/mol. The molecule has 144 valence electrons. The lowest BCUT2D eigenvalue weighted by Gasteiger charge is -2.07. The summed E-state index contributed by atoms with van der Waals surface area (Å²) in [6.07, 6.45) is 0. The second-order valence-corrected chi connectivity index (χ2v) is 5.84. The molecule has 0 spiro atoms. The van der Waals surface area contributed by atoms with Gasteiger partial charge in [-0.1, -0.05) is 18.2 Å². The van der Waals surface area contributed by atoms with Gasteiger partial charge in [0.2, 0.25) is 0 Å². The van der Waals surface area contributed by atoms with Gasteiger partial charge in [-0.25, -0.2) is 23.1 Å². The quantitative estimate of drug-likeness (QED) is 0.640. The fourth-order valence-corrected chi connectivity index (χ4v) is 2.79. The van der Waals surface area contributed by atoms with Gasteiger partial charge in [0.15, 0.2) is 5.69 Å². The van der Waals surface area contributed by atoms with E-state index in [1.807, 2.05) is 0 Å². The number of ether oxygens (including phenoxy) is 2. The van der Waals surface area contributed by atoms with Crippen molar-refractivity contribution in [2.45, 2.75) is 6.92 Å². The maximum absolute atomic E-state index is 14.8. The summed E-state index contributed by atoms with van der Waals surface area (Å²) in [5, 5.41) is 4.27. The Morgan fingerprint density at radius 3 is 2.21 bits per heavy atom. The fraction of sp³-hybridized carbons (Fsp3) is 0.150. The topological polar surface area (TPSA) is 70.4 Å². The van der Waals surface area contributed by atoms with Crippen molar-refractivity contribution in [2.75, 3.05) is 14.2 Å². The lowest BCUT2D eigenvalue weighted by molar-refractivity contribution is 0.0549. The number of carbonyl (C=O) groups is 2. The van der Waals surface area contributed by atoms with Gasteiger partial charge in [-0.2, -0.15) is 5.10 Å². The average Bonchev–Trinajstić information content (AvgIpc) is 3.12. The van der Waals surface area contributed by atoms with Gasteiger partial charge in [-0.3, -0.25) is 0 Å². The standard InChI is InChI=1S/C20H16F2N2O4/c1-11-14(21)10-9-13(16(11)22)17-15(19(25)27-2)18(20(26)28-3)24(23-17)12-7-5-4-6-8-12/h4-10H,1-3H3. The Kier molecular flexibility index (Phi) is 5.21. The van der Waals surface area contributed by atoms with E-state index in [9.17, 15) is 18.4 Å². The molecule has 0 saturated heterocycles. The molecule has 28 heavy (non-hydrogen) atoms. The summed E-state index contributed by atoms with van der Waals surface area (Å²) in [5.41, 5.74) is -0.586. The molecule has 3 rings (SSSR count). The van der Waals surface area contributed by atoms with Crippen molar-refractivity contribution in [2.24, 2.45) is 0 Å². The molecule has 0 amide bonds. The molecule has 1 heterocycles. The van der Waals surface area contributed by atoms with Gasteiger partial charge in [-0.15, -0.1) is 0 Å². The summed E-state index contributed by atoms with van der Waals surface area (Å²) in [5.74, 6) is -3.39. The molecule has 2 aromatic carbocycles. The first-order valence-electron chi connectivity index (χ1n) is 8.20. The zero-order chi connectivity index (χ0) is 20.4. The molecule has 0 bridgehead atoms. The SMILES string of the molecule is COC(=O)c1c(-c2ccc(F)c(C)c2F)nn(-c2ccccc2)c1C(=O)OC. The van der Waals surface area contributed by atoms with Crippen LogP contribution in [0, 0.1) is 18.6 Å². The zero-order valence-corrected chi connectivity index (χ0v) is 15.3. The minimum atomic E-state index is -0.904. The maximum atomic E-state index is 14.8. The summed E-state index contributed by atoms with van der Waals surface area (Å²) in [6.45, 7) is 1.27. The summed E-state index contributed by atoms with van der Waals surface area (Å²) in [4.78, 5) is 24.9. The van der Waals surface area contributed by atoms with Crippen LogP contribution in [0.4, 0.5) is 8.78 Å². The van der Waals surface area contributed by atoms with Crippen molar-refractivity contribution in [3.63, 3.8) is 0 Å². The third kappa shape index (κ3) is 3.13. The molecule has 0 saturated carbocycles. The van der Waals surface area contributed by atoms with Crippen LogP contribution in [0.5, 0.6) is 0 Å². The number of methoxy groups -OCH3 is 2. The molecule has 0 N–H and O–H groups in total. The van der Waals surface area contributed by atoms with Crippen molar-refractivity contribution in [1.29, 1.82) is 0 Å². The molecule has 0 atom stereocenters. The summed E-state index contributed by atoms with van der Waals surface area (Å²) >= 11 is 0. The fourth-order valence-electron chi connectivity index (χ4n) is 2.79. The van der Waals surface area contributed by atoms with Gasteiger partial charge in [0.25, 0.3) is 0 Å². The lowest BCUT2D eigenvalue weighted by atomic mass is 10.0. The second-order valence-electron chi connectivity index (χ2n) is 5.84. The van der Waals surface area contributed by atoms with Crippen LogP contribution < -0.4 is 0 Å². The van der Waals surface area contributed by atoms with E-state index in [2.05, 4.69) is 5.10 Å². The zero-order valence-electron chi connectivity index (χ0n) is 15.3. The van der Waals surface area contributed by atoms with E-state index in [4.69, 9.17) is 9.47 Å². The summed E-state index contributed by atoms with van der Waals surface area (Å²) in [7, 11) is 2.27. The molecule has 8 heteroatoms. The Balaban J connectivity index is 2.41. The Morgan fingerprint density at radius 1 is 0.964 bits per heavy atom. The maximum Gasteiger partial charge on any atom is 0.357 e. The van der Waals surface area contributed by atoms with E-state index in [1.54, 1.807) is 30.3 Å². The molecule has 1 aromatic heterocycles. The van der Waals surface area contributed by atoms with E-state index in [-0.39, 0.29) is 28.1 Å². The molecule has 0 fully saturated rings. The van der Waals surface area contributed by atoms with E-state index in [0.29, 0.717) is 5.69 Å². The van der Waals surface area contributed by atoms with E-state index in [1.165, 1.54) is 11.6 Å². The number of nitrogens with zero attached hydrogens (tertiary/aromatic N) is 2. The lowest BCUT2D eigenvalue weighted by Crippen LogP contribution is -2.15. The van der Waals surface area contributed by atoms with Crippen LogP contribution in [-0.2, 0) is 9.47 Å². The number of halogens is 2. The Hall–Kier alpha value is -3.55. The summed E-state index contributed by atoms with van der Waals surface area (Å²) < 4.78 is 39.2. The van der Waals surface area contributed by atoms with Crippen LogP contribution in [0.25, 0.3) is 16.9 Å². The largest absolute Gasteiger partial charge is 0.465 e. The van der Waals surface area contributed by atoms with Gasteiger partial charge in [0, 0.05) is 11.1 Å². The van der Waals surface area contributed by atoms with Crippen LogP contribution in [0.2, 0.25) is 0 Å². The van der Waals surface area contributed by atoms with Gasteiger partial charge in [-0.05, 0) is 31.2 Å². The highest BCUT2D eigenvalue weighted by atomic mass is 19.1. The number of para-hydroxylation sites is 1. The number of aromatic nitrogens is 2.